The van der Waals surface area contributed by atoms with Gasteiger partial charge in [0.05, 0.1) is 0 Å². The maximum atomic E-state index is 9.86. The molecule has 0 amide bonds. The maximum absolute atomic E-state index is 9.86. The molecule has 2 unspecified atom stereocenters. The highest BCUT2D eigenvalue weighted by Gasteiger charge is 2.15. The van der Waals surface area contributed by atoms with Crippen molar-refractivity contribution < 1.29 is 9.84 Å². The second-order valence-corrected chi connectivity index (χ2v) is 6.32. The number of aliphatic hydroxyl groups is 1. The molecule has 1 heterocycles. The average Bonchev–Trinajstić information content (AvgIpc) is 2.90. The van der Waals surface area contributed by atoms with Crippen molar-refractivity contribution in [3.05, 3.63) is 29.8 Å². The van der Waals surface area contributed by atoms with E-state index in [2.05, 4.69) is 5.32 Å². The smallest absolute Gasteiger partial charge is 0.119 e. The van der Waals surface area contributed by atoms with Gasteiger partial charge in [-0.25, -0.2) is 0 Å². The fourth-order valence-corrected chi connectivity index (χ4v) is 3.44. The predicted molar refractivity (Wildman–Crippen MR) is 81.0 cm³/mol. The van der Waals surface area contributed by atoms with Crippen molar-refractivity contribution in [1.29, 1.82) is 0 Å². The molecule has 2 atom stereocenters. The first-order chi connectivity index (χ1) is 9.24. The zero-order valence-corrected chi connectivity index (χ0v) is 12.3. The van der Waals surface area contributed by atoms with Gasteiger partial charge < -0.3 is 15.2 Å². The number of aryl methyl sites for hydroxylation is 1. The molecule has 0 saturated carbocycles. The number of hydrogen-bond acceptors (Lipinski definition) is 4. The van der Waals surface area contributed by atoms with Crippen LogP contribution in [0, 0.1) is 12.8 Å². The van der Waals surface area contributed by atoms with E-state index in [-0.39, 0.29) is 0 Å². The summed E-state index contributed by atoms with van der Waals surface area (Å²) in [5.41, 5.74) is 1.17. The van der Waals surface area contributed by atoms with Crippen LogP contribution in [0.5, 0.6) is 5.75 Å². The molecule has 0 spiro atoms. The molecule has 0 aromatic heterocycles. The van der Waals surface area contributed by atoms with Crippen LogP contribution in [-0.4, -0.2) is 42.4 Å². The van der Waals surface area contributed by atoms with E-state index in [1.165, 1.54) is 23.5 Å². The normalized spacial score (nSPS) is 20.4. The standard InChI is InChI=1S/C15H23NO2S/c1-12-3-2-4-15(7-12)18-10-14(17)9-16-8-13-5-6-19-11-13/h2-4,7,13-14,16-17H,5-6,8-11H2,1H3. The monoisotopic (exact) mass is 281 g/mol. The largest absolute Gasteiger partial charge is 0.491 e. The third kappa shape index (κ3) is 5.43. The Morgan fingerprint density at radius 2 is 2.42 bits per heavy atom. The topological polar surface area (TPSA) is 41.5 Å². The van der Waals surface area contributed by atoms with Crippen molar-refractivity contribution in [2.24, 2.45) is 5.92 Å². The van der Waals surface area contributed by atoms with Gasteiger partial charge >= 0.3 is 0 Å². The van der Waals surface area contributed by atoms with Gasteiger partial charge in [0.2, 0.25) is 0 Å². The molecular formula is C15H23NO2S. The van der Waals surface area contributed by atoms with Gasteiger partial charge in [-0.15, -0.1) is 0 Å². The number of hydrogen-bond donors (Lipinski definition) is 2. The molecular weight excluding hydrogens is 258 g/mol. The molecule has 19 heavy (non-hydrogen) atoms. The summed E-state index contributed by atoms with van der Waals surface area (Å²) >= 11 is 2.02. The third-order valence-electron chi connectivity index (χ3n) is 3.27. The number of ether oxygens (including phenoxy) is 1. The SMILES string of the molecule is Cc1cccc(OCC(O)CNCC2CCSC2)c1. The van der Waals surface area contributed by atoms with Crippen LogP contribution >= 0.6 is 11.8 Å². The Morgan fingerprint density at radius 1 is 1.53 bits per heavy atom. The number of benzene rings is 1. The Labute approximate surface area is 119 Å². The van der Waals surface area contributed by atoms with E-state index in [1.807, 2.05) is 43.0 Å². The van der Waals surface area contributed by atoms with E-state index in [0.29, 0.717) is 13.2 Å². The van der Waals surface area contributed by atoms with Gasteiger partial charge in [-0.3, -0.25) is 0 Å². The highest BCUT2D eigenvalue weighted by molar-refractivity contribution is 7.99. The summed E-state index contributed by atoms with van der Waals surface area (Å²) in [6.07, 6.45) is 0.850. The van der Waals surface area contributed by atoms with Crippen LogP contribution in [0.25, 0.3) is 0 Å². The minimum absolute atomic E-state index is 0.343. The van der Waals surface area contributed by atoms with E-state index in [4.69, 9.17) is 4.74 Å². The zero-order valence-electron chi connectivity index (χ0n) is 11.5. The van der Waals surface area contributed by atoms with Crippen LogP contribution in [0.1, 0.15) is 12.0 Å². The van der Waals surface area contributed by atoms with E-state index in [0.717, 1.165) is 18.2 Å². The molecule has 2 N–H and O–H groups in total. The Hall–Kier alpha value is -0.710. The second kappa shape index (κ2) is 7.78. The maximum Gasteiger partial charge on any atom is 0.119 e. The lowest BCUT2D eigenvalue weighted by Crippen LogP contribution is -2.34. The summed E-state index contributed by atoms with van der Waals surface area (Å²) in [4.78, 5) is 0. The van der Waals surface area contributed by atoms with Crippen LogP contribution in [0.3, 0.4) is 0 Å². The molecule has 1 fully saturated rings. The first kappa shape index (κ1) is 14.7. The van der Waals surface area contributed by atoms with Gasteiger partial charge in [0.1, 0.15) is 18.5 Å². The molecule has 0 aliphatic carbocycles. The van der Waals surface area contributed by atoms with Crippen molar-refractivity contribution in [2.45, 2.75) is 19.4 Å². The predicted octanol–water partition coefficient (Wildman–Crippen LogP) is 2.08. The summed E-state index contributed by atoms with van der Waals surface area (Å²) in [6, 6.07) is 7.90. The van der Waals surface area contributed by atoms with Crippen LogP contribution in [0.15, 0.2) is 24.3 Å². The summed E-state index contributed by atoms with van der Waals surface area (Å²) in [5, 5.41) is 13.2. The highest BCUT2D eigenvalue weighted by Crippen LogP contribution is 2.22. The lowest BCUT2D eigenvalue weighted by molar-refractivity contribution is 0.105. The van der Waals surface area contributed by atoms with E-state index >= 15 is 0 Å². The van der Waals surface area contributed by atoms with Crippen molar-refractivity contribution in [1.82, 2.24) is 5.32 Å². The Kier molecular flexibility index (Phi) is 6.01. The average molecular weight is 281 g/mol. The van der Waals surface area contributed by atoms with Gasteiger partial charge in [0, 0.05) is 6.54 Å². The number of thioether (sulfide) groups is 1. The summed E-state index contributed by atoms with van der Waals surface area (Å²) in [5.74, 6) is 4.13. The van der Waals surface area contributed by atoms with Gasteiger partial charge in [-0.05, 0) is 55.0 Å². The second-order valence-electron chi connectivity index (χ2n) is 5.17. The van der Waals surface area contributed by atoms with Gasteiger partial charge in [0.15, 0.2) is 0 Å². The van der Waals surface area contributed by atoms with Gasteiger partial charge in [-0.1, -0.05) is 12.1 Å². The Bertz CT molecular complexity index is 380. The van der Waals surface area contributed by atoms with Crippen molar-refractivity contribution in [3.63, 3.8) is 0 Å². The number of rotatable bonds is 7. The van der Waals surface area contributed by atoms with Crippen molar-refractivity contribution >= 4 is 11.8 Å². The first-order valence-corrected chi connectivity index (χ1v) is 8.05. The van der Waals surface area contributed by atoms with Crippen LogP contribution in [0.4, 0.5) is 0 Å². The first-order valence-electron chi connectivity index (χ1n) is 6.90. The molecule has 1 aromatic carbocycles. The Morgan fingerprint density at radius 3 is 3.16 bits per heavy atom. The molecule has 106 valence electrons. The zero-order chi connectivity index (χ0) is 13.5. The van der Waals surface area contributed by atoms with Gasteiger partial charge in [-0.2, -0.15) is 11.8 Å². The molecule has 1 aliphatic rings. The Balaban J connectivity index is 1.60. The third-order valence-corrected chi connectivity index (χ3v) is 4.50. The van der Waals surface area contributed by atoms with Gasteiger partial charge in [0.25, 0.3) is 0 Å². The molecule has 1 aromatic rings. The fraction of sp³-hybridized carbons (Fsp3) is 0.600. The molecule has 0 bridgehead atoms. The van der Waals surface area contributed by atoms with Crippen LogP contribution < -0.4 is 10.1 Å². The van der Waals surface area contributed by atoms with Crippen LogP contribution in [0.2, 0.25) is 0 Å². The molecule has 0 radical (unpaired) electrons. The molecule has 1 aliphatic heterocycles. The summed E-state index contributed by atoms with van der Waals surface area (Å²) < 4.78 is 5.58. The summed E-state index contributed by atoms with van der Waals surface area (Å²) in [6.45, 7) is 3.99. The fourth-order valence-electron chi connectivity index (χ4n) is 2.15. The van der Waals surface area contributed by atoms with Crippen molar-refractivity contribution in [2.75, 3.05) is 31.2 Å². The molecule has 1 saturated heterocycles. The van der Waals surface area contributed by atoms with E-state index in [9.17, 15) is 5.11 Å². The van der Waals surface area contributed by atoms with E-state index in [1.54, 1.807) is 0 Å². The van der Waals surface area contributed by atoms with Crippen LogP contribution in [-0.2, 0) is 0 Å². The highest BCUT2D eigenvalue weighted by atomic mass is 32.2. The quantitative estimate of drug-likeness (QED) is 0.803. The summed E-state index contributed by atoms with van der Waals surface area (Å²) in [7, 11) is 0. The van der Waals surface area contributed by atoms with Crippen molar-refractivity contribution in [3.8, 4) is 5.75 Å². The number of nitrogens with one attached hydrogen (secondary N) is 1. The van der Waals surface area contributed by atoms with E-state index < -0.39 is 6.10 Å². The molecule has 2 rings (SSSR count). The molecule has 3 nitrogen and oxygen atoms in total. The minimum atomic E-state index is -0.449. The molecule has 4 heteroatoms. The minimum Gasteiger partial charge on any atom is -0.491 e. The lowest BCUT2D eigenvalue weighted by Gasteiger charge is -2.15. The number of aliphatic hydroxyl groups excluding tert-OH is 1. The lowest BCUT2D eigenvalue weighted by atomic mass is 10.1.